The number of carboxylic acid groups (broad SMARTS) is 1. The highest BCUT2D eigenvalue weighted by atomic mass is 19.3. The monoisotopic (exact) mass is 476 g/mol. The van der Waals surface area contributed by atoms with E-state index in [0.717, 1.165) is 16.7 Å². The van der Waals surface area contributed by atoms with Crippen LogP contribution < -0.4 is 5.69 Å². The third-order valence-corrected chi connectivity index (χ3v) is 6.01. The number of hydrogen-bond donors (Lipinski definition) is 1. The van der Waals surface area contributed by atoms with Crippen molar-refractivity contribution in [3.05, 3.63) is 117 Å². The maximum atomic E-state index is 14.2. The van der Waals surface area contributed by atoms with Crippen LogP contribution in [0.4, 0.5) is 8.78 Å². The van der Waals surface area contributed by atoms with Crippen molar-refractivity contribution >= 4 is 5.97 Å². The summed E-state index contributed by atoms with van der Waals surface area (Å²) in [7, 11) is 0. The van der Waals surface area contributed by atoms with Crippen molar-refractivity contribution in [2.75, 3.05) is 0 Å². The van der Waals surface area contributed by atoms with E-state index in [4.69, 9.17) is 0 Å². The zero-order valence-electron chi connectivity index (χ0n) is 19.3. The van der Waals surface area contributed by atoms with Crippen LogP contribution in [-0.4, -0.2) is 20.2 Å². The second-order valence-electron chi connectivity index (χ2n) is 8.37. The van der Waals surface area contributed by atoms with Gasteiger partial charge in [0.15, 0.2) is 0 Å². The third kappa shape index (κ3) is 5.09. The lowest BCUT2D eigenvalue weighted by Crippen LogP contribution is -2.26. The number of carbonyl (C=O) groups is 1. The van der Waals surface area contributed by atoms with E-state index in [9.17, 15) is 23.5 Å². The van der Waals surface area contributed by atoms with Gasteiger partial charge in [0.2, 0.25) is 0 Å². The molecule has 1 aromatic heterocycles. The van der Waals surface area contributed by atoms with Crippen LogP contribution in [0.25, 0.3) is 11.1 Å². The molecule has 4 aromatic rings. The molecule has 0 aliphatic heterocycles. The number of imidazole rings is 1. The molecule has 0 atom stereocenters. The molecule has 0 amide bonds. The highest BCUT2D eigenvalue weighted by molar-refractivity contribution is 5.95. The zero-order valence-corrected chi connectivity index (χ0v) is 19.3. The molecule has 0 aliphatic carbocycles. The second-order valence-corrected chi connectivity index (χ2v) is 8.37. The van der Waals surface area contributed by atoms with E-state index >= 15 is 0 Å². The van der Waals surface area contributed by atoms with Crippen molar-refractivity contribution < 1.29 is 18.7 Å². The average Bonchev–Trinajstić information content (AvgIpc) is 3.11. The first kappa shape index (κ1) is 24.1. The van der Waals surface area contributed by atoms with Gasteiger partial charge in [-0.15, -0.1) is 0 Å². The molecule has 0 radical (unpaired) electrons. The van der Waals surface area contributed by atoms with Crippen molar-refractivity contribution in [3.63, 3.8) is 0 Å². The van der Waals surface area contributed by atoms with Crippen LogP contribution in [0.2, 0.25) is 0 Å². The predicted octanol–water partition coefficient (Wildman–Crippen LogP) is 6.00. The number of hydrogen-bond acceptors (Lipinski definition) is 2. The molecule has 0 aliphatic rings. The van der Waals surface area contributed by atoms with Crippen LogP contribution in [0.1, 0.15) is 52.6 Å². The van der Waals surface area contributed by atoms with Crippen molar-refractivity contribution in [2.24, 2.45) is 0 Å². The number of carboxylic acids is 1. The number of rotatable bonds is 9. The summed E-state index contributed by atoms with van der Waals surface area (Å²) < 4.78 is 31.0. The molecule has 4 rings (SSSR count). The van der Waals surface area contributed by atoms with Gasteiger partial charge in [-0.25, -0.2) is 18.4 Å². The Labute approximate surface area is 201 Å². The molecule has 7 heteroatoms. The van der Waals surface area contributed by atoms with E-state index in [1.54, 1.807) is 48.5 Å². The molecule has 180 valence electrons. The smallest absolute Gasteiger partial charge is 0.336 e. The van der Waals surface area contributed by atoms with Gasteiger partial charge in [-0.3, -0.25) is 9.13 Å². The van der Waals surface area contributed by atoms with Crippen LogP contribution in [0.3, 0.4) is 0 Å². The lowest BCUT2D eigenvalue weighted by atomic mass is 9.99. The molecule has 0 saturated heterocycles. The summed E-state index contributed by atoms with van der Waals surface area (Å²) in [5.41, 5.74) is 2.70. The quantitative estimate of drug-likeness (QED) is 0.322. The van der Waals surface area contributed by atoms with Gasteiger partial charge < -0.3 is 5.11 Å². The lowest BCUT2D eigenvalue weighted by Gasteiger charge is -2.11. The molecule has 3 aromatic carbocycles. The van der Waals surface area contributed by atoms with Gasteiger partial charge in [0, 0.05) is 5.69 Å². The standard InChI is InChI=1S/C28H26F2N2O3/c1-2-8-24-25(26(29)30)32(18-19-9-4-3-5-10-19)28(35)31(24)17-20-13-15-21(16-14-20)22-11-6-7-12-23(22)27(33)34/h3-7,9-16,26H,2,8,17-18H2,1H3,(H,33,34). The van der Waals surface area contributed by atoms with Gasteiger partial charge in [-0.2, -0.15) is 0 Å². The topological polar surface area (TPSA) is 64.2 Å². The molecular formula is C28H26F2N2O3. The third-order valence-electron chi connectivity index (χ3n) is 6.01. The predicted molar refractivity (Wildman–Crippen MR) is 131 cm³/mol. The minimum atomic E-state index is -2.77. The first-order valence-corrected chi connectivity index (χ1v) is 11.5. The Morgan fingerprint density at radius 2 is 1.46 bits per heavy atom. The molecular weight excluding hydrogens is 450 g/mol. The van der Waals surface area contributed by atoms with Crippen LogP contribution in [0.15, 0.2) is 83.7 Å². The number of benzene rings is 3. The van der Waals surface area contributed by atoms with E-state index < -0.39 is 18.1 Å². The van der Waals surface area contributed by atoms with Gasteiger partial charge in [-0.05, 0) is 34.7 Å². The van der Waals surface area contributed by atoms with E-state index in [1.807, 2.05) is 37.3 Å². The molecule has 1 N–H and O–H groups in total. The first-order valence-electron chi connectivity index (χ1n) is 11.5. The van der Waals surface area contributed by atoms with E-state index in [2.05, 4.69) is 0 Å². The lowest BCUT2D eigenvalue weighted by molar-refractivity contribution is 0.0697. The van der Waals surface area contributed by atoms with Gasteiger partial charge >= 0.3 is 11.7 Å². The summed E-state index contributed by atoms with van der Waals surface area (Å²) in [5.74, 6) is -1.01. The van der Waals surface area contributed by atoms with Crippen LogP contribution in [0.5, 0.6) is 0 Å². The fourth-order valence-corrected chi connectivity index (χ4v) is 4.38. The Morgan fingerprint density at radius 3 is 2.09 bits per heavy atom. The van der Waals surface area contributed by atoms with Crippen molar-refractivity contribution in [3.8, 4) is 11.1 Å². The number of aromatic carboxylic acids is 1. The summed E-state index contributed by atoms with van der Waals surface area (Å²) in [5, 5.41) is 9.47. The number of halogens is 2. The van der Waals surface area contributed by atoms with Crippen molar-refractivity contribution in [2.45, 2.75) is 39.3 Å². The maximum absolute atomic E-state index is 14.2. The zero-order chi connectivity index (χ0) is 24.9. The van der Waals surface area contributed by atoms with E-state index in [1.165, 1.54) is 9.13 Å². The SMILES string of the molecule is CCCc1c(C(F)F)n(Cc2ccccc2)c(=O)n1Cc1ccc(-c2ccccc2C(=O)O)cc1. The average molecular weight is 477 g/mol. The fraction of sp³-hybridized carbons (Fsp3) is 0.214. The van der Waals surface area contributed by atoms with Gasteiger partial charge in [-0.1, -0.05) is 86.1 Å². The Balaban J connectivity index is 1.72. The molecule has 1 heterocycles. The van der Waals surface area contributed by atoms with Crippen LogP contribution >= 0.6 is 0 Å². The summed E-state index contributed by atoms with van der Waals surface area (Å²) in [6.45, 7) is 2.12. The van der Waals surface area contributed by atoms with Crippen LogP contribution in [0, 0.1) is 0 Å². The highest BCUT2D eigenvalue weighted by Crippen LogP contribution is 2.27. The number of aromatic nitrogens is 2. The van der Waals surface area contributed by atoms with Crippen molar-refractivity contribution in [1.29, 1.82) is 0 Å². The van der Waals surface area contributed by atoms with Gasteiger partial charge in [0.1, 0.15) is 5.69 Å². The molecule has 0 fully saturated rings. The van der Waals surface area contributed by atoms with Crippen LogP contribution in [-0.2, 0) is 19.5 Å². The summed E-state index contributed by atoms with van der Waals surface area (Å²) in [4.78, 5) is 24.9. The van der Waals surface area contributed by atoms with E-state index in [-0.39, 0.29) is 24.3 Å². The Kier molecular flexibility index (Phi) is 7.25. The molecule has 0 bridgehead atoms. The summed E-state index contributed by atoms with van der Waals surface area (Å²) in [6.07, 6.45) is -1.79. The number of alkyl halides is 2. The Morgan fingerprint density at radius 1 is 0.857 bits per heavy atom. The minimum absolute atomic E-state index is 0.0774. The molecule has 35 heavy (non-hydrogen) atoms. The largest absolute Gasteiger partial charge is 0.478 e. The highest BCUT2D eigenvalue weighted by Gasteiger charge is 2.26. The maximum Gasteiger partial charge on any atom is 0.336 e. The Hall–Kier alpha value is -4.00. The van der Waals surface area contributed by atoms with Gasteiger partial charge in [0.25, 0.3) is 6.43 Å². The fourth-order valence-electron chi connectivity index (χ4n) is 4.38. The van der Waals surface area contributed by atoms with E-state index in [0.29, 0.717) is 24.1 Å². The summed E-state index contributed by atoms with van der Waals surface area (Å²) in [6, 6.07) is 23.0. The van der Waals surface area contributed by atoms with Crippen molar-refractivity contribution in [1.82, 2.24) is 9.13 Å². The second kappa shape index (κ2) is 10.5. The molecule has 5 nitrogen and oxygen atoms in total. The summed E-state index contributed by atoms with van der Waals surface area (Å²) >= 11 is 0. The molecule has 0 saturated carbocycles. The number of nitrogens with zero attached hydrogens (tertiary/aromatic N) is 2. The molecule has 0 spiro atoms. The normalized spacial score (nSPS) is 11.2. The minimum Gasteiger partial charge on any atom is -0.478 e. The van der Waals surface area contributed by atoms with Gasteiger partial charge in [0.05, 0.1) is 18.7 Å². The first-order chi connectivity index (χ1) is 16.9. The molecule has 0 unspecified atom stereocenters. The Bertz CT molecular complexity index is 1370.